The highest BCUT2D eigenvalue weighted by Crippen LogP contribution is 2.68. The Labute approximate surface area is 185 Å². The van der Waals surface area contributed by atoms with Crippen molar-refractivity contribution in [2.75, 3.05) is 6.61 Å². The van der Waals surface area contributed by atoms with Crippen LogP contribution < -0.4 is 0 Å². The Morgan fingerprint density at radius 3 is 2.30 bits per heavy atom. The number of hydrogen-bond donors (Lipinski definition) is 3. The third-order valence-electron chi connectivity index (χ3n) is 11.1. The average molecular weight is 421 g/mol. The number of aliphatic hydroxyl groups excluding tert-OH is 3. The predicted molar refractivity (Wildman–Crippen MR) is 122 cm³/mol. The quantitative estimate of drug-likeness (QED) is 0.538. The van der Waals surface area contributed by atoms with Crippen molar-refractivity contribution in [3.8, 4) is 0 Å². The van der Waals surface area contributed by atoms with Crippen molar-refractivity contribution in [1.82, 2.24) is 0 Å². The lowest BCUT2D eigenvalue weighted by molar-refractivity contribution is -0.174. The number of rotatable bonds is 6. The van der Waals surface area contributed by atoms with E-state index < -0.39 is 0 Å². The van der Waals surface area contributed by atoms with Crippen LogP contribution in [0.3, 0.4) is 0 Å². The third kappa shape index (κ3) is 3.79. The molecule has 0 saturated heterocycles. The van der Waals surface area contributed by atoms with Crippen LogP contribution in [-0.2, 0) is 0 Å². The molecule has 3 N–H and O–H groups in total. The SMILES string of the molecule is CC(CO)CCCC(C)C1CCC2C3C(O)CC4CC(O)CCC4(C)C3CCC12C. The van der Waals surface area contributed by atoms with Crippen LogP contribution in [0.2, 0.25) is 0 Å². The van der Waals surface area contributed by atoms with Gasteiger partial charge in [0.2, 0.25) is 0 Å². The minimum atomic E-state index is -0.164. The van der Waals surface area contributed by atoms with Gasteiger partial charge in [-0.25, -0.2) is 0 Å². The standard InChI is InChI=1S/C27H48O3/c1-17(16-28)6-5-7-18(2)21-8-9-22-25-23(11-13-27(21,22)4)26(3)12-10-20(29)14-19(26)15-24(25)30/h17-25,28-30H,5-16H2,1-4H3. The third-order valence-corrected chi connectivity index (χ3v) is 11.1. The molecule has 4 aliphatic carbocycles. The second-order valence-corrected chi connectivity index (χ2v) is 12.6. The highest BCUT2D eigenvalue weighted by molar-refractivity contribution is 5.11. The molecule has 0 spiro atoms. The van der Waals surface area contributed by atoms with Gasteiger partial charge in [0.1, 0.15) is 0 Å². The average Bonchev–Trinajstić information content (AvgIpc) is 3.06. The largest absolute Gasteiger partial charge is 0.396 e. The van der Waals surface area contributed by atoms with E-state index in [0.29, 0.717) is 47.0 Å². The van der Waals surface area contributed by atoms with Crippen LogP contribution in [0.5, 0.6) is 0 Å². The highest BCUT2D eigenvalue weighted by atomic mass is 16.3. The predicted octanol–water partition coefficient (Wildman–Crippen LogP) is 5.41. The van der Waals surface area contributed by atoms with Crippen molar-refractivity contribution >= 4 is 0 Å². The zero-order valence-electron chi connectivity index (χ0n) is 20.0. The van der Waals surface area contributed by atoms with Gasteiger partial charge in [-0.1, -0.05) is 40.5 Å². The summed E-state index contributed by atoms with van der Waals surface area (Å²) in [6.07, 6.45) is 12.5. The van der Waals surface area contributed by atoms with Crippen LogP contribution in [-0.4, -0.2) is 34.1 Å². The van der Waals surface area contributed by atoms with Gasteiger partial charge in [-0.3, -0.25) is 0 Å². The molecule has 0 aliphatic heterocycles. The molecule has 3 heteroatoms. The van der Waals surface area contributed by atoms with Gasteiger partial charge in [-0.15, -0.1) is 0 Å². The van der Waals surface area contributed by atoms with E-state index >= 15 is 0 Å². The molecule has 4 fully saturated rings. The topological polar surface area (TPSA) is 60.7 Å². The molecule has 0 heterocycles. The molecule has 3 nitrogen and oxygen atoms in total. The Kier molecular flexibility index (Phi) is 6.66. The summed E-state index contributed by atoms with van der Waals surface area (Å²) in [6, 6.07) is 0. The first-order chi connectivity index (χ1) is 14.2. The molecule has 11 unspecified atom stereocenters. The first kappa shape index (κ1) is 23.1. The van der Waals surface area contributed by atoms with E-state index in [4.69, 9.17) is 0 Å². The fraction of sp³-hybridized carbons (Fsp3) is 1.00. The number of fused-ring (bicyclic) bond motifs is 5. The Hall–Kier alpha value is -0.120. The molecule has 4 saturated carbocycles. The second kappa shape index (κ2) is 8.67. The molecule has 0 amide bonds. The summed E-state index contributed by atoms with van der Waals surface area (Å²) < 4.78 is 0. The van der Waals surface area contributed by atoms with Gasteiger partial charge in [0, 0.05) is 6.61 Å². The van der Waals surface area contributed by atoms with Crippen LogP contribution in [0, 0.1) is 52.3 Å². The van der Waals surface area contributed by atoms with Gasteiger partial charge in [0.05, 0.1) is 12.2 Å². The van der Waals surface area contributed by atoms with E-state index in [1.807, 2.05) is 0 Å². The van der Waals surface area contributed by atoms with Crippen molar-refractivity contribution in [2.24, 2.45) is 52.3 Å². The summed E-state index contributed by atoms with van der Waals surface area (Å²) in [4.78, 5) is 0. The van der Waals surface area contributed by atoms with E-state index in [-0.39, 0.29) is 12.2 Å². The number of aliphatic hydroxyl groups is 3. The Morgan fingerprint density at radius 2 is 1.57 bits per heavy atom. The lowest BCUT2D eigenvalue weighted by Gasteiger charge is -2.62. The molecular formula is C27H48O3. The summed E-state index contributed by atoms with van der Waals surface area (Å²) in [5, 5.41) is 30.9. The molecule has 11 atom stereocenters. The lowest BCUT2D eigenvalue weighted by Crippen LogP contribution is -2.58. The monoisotopic (exact) mass is 420 g/mol. The Morgan fingerprint density at radius 1 is 0.867 bits per heavy atom. The van der Waals surface area contributed by atoms with E-state index in [1.165, 1.54) is 38.5 Å². The summed E-state index contributed by atoms with van der Waals surface area (Å²) in [7, 11) is 0. The molecule has 0 aromatic rings. The zero-order chi connectivity index (χ0) is 21.7. The van der Waals surface area contributed by atoms with Gasteiger partial charge >= 0.3 is 0 Å². The fourth-order valence-electron chi connectivity index (χ4n) is 9.26. The van der Waals surface area contributed by atoms with Crippen LogP contribution in [0.25, 0.3) is 0 Å². The van der Waals surface area contributed by atoms with Crippen LogP contribution in [0.1, 0.15) is 98.3 Å². The number of hydrogen-bond acceptors (Lipinski definition) is 3. The molecule has 174 valence electrons. The first-order valence-corrected chi connectivity index (χ1v) is 13.2. The van der Waals surface area contributed by atoms with Crippen molar-refractivity contribution in [3.63, 3.8) is 0 Å². The van der Waals surface area contributed by atoms with Crippen LogP contribution in [0.4, 0.5) is 0 Å². The molecule has 4 rings (SSSR count). The van der Waals surface area contributed by atoms with Crippen LogP contribution in [0.15, 0.2) is 0 Å². The summed E-state index contributed by atoms with van der Waals surface area (Å²) in [6.45, 7) is 10.0. The van der Waals surface area contributed by atoms with E-state index in [2.05, 4.69) is 27.7 Å². The van der Waals surface area contributed by atoms with Gasteiger partial charge < -0.3 is 15.3 Å². The minimum Gasteiger partial charge on any atom is -0.396 e. The summed E-state index contributed by atoms with van der Waals surface area (Å²) in [5.41, 5.74) is 0.718. The van der Waals surface area contributed by atoms with Crippen molar-refractivity contribution < 1.29 is 15.3 Å². The molecule has 0 radical (unpaired) electrons. The molecule has 0 aromatic heterocycles. The lowest BCUT2D eigenvalue weighted by atomic mass is 9.43. The Balaban J connectivity index is 1.47. The van der Waals surface area contributed by atoms with Crippen molar-refractivity contribution in [1.29, 1.82) is 0 Å². The van der Waals surface area contributed by atoms with Crippen LogP contribution >= 0.6 is 0 Å². The van der Waals surface area contributed by atoms with Gasteiger partial charge in [-0.05, 0) is 110 Å². The smallest absolute Gasteiger partial charge is 0.0577 e. The second-order valence-electron chi connectivity index (χ2n) is 12.6. The first-order valence-electron chi connectivity index (χ1n) is 13.2. The maximum atomic E-state index is 11.4. The van der Waals surface area contributed by atoms with Gasteiger partial charge in [-0.2, -0.15) is 0 Å². The molecule has 0 aromatic carbocycles. The maximum absolute atomic E-state index is 11.4. The Bertz CT molecular complexity index is 593. The molecule has 0 bridgehead atoms. The molecule has 30 heavy (non-hydrogen) atoms. The summed E-state index contributed by atoms with van der Waals surface area (Å²) in [5.74, 6) is 4.28. The van der Waals surface area contributed by atoms with Gasteiger partial charge in [0.15, 0.2) is 0 Å². The van der Waals surface area contributed by atoms with Gasteiger partial charge in [0.25, 0.3) is 0 Å². The highest BCUT2D eigenvalue weighted by Gasteiger charge is 2.62. The van der Waals surface area contributed by atoms with Crippen molar-refractivity contribution in [3.05, 3.63) is 0 Å². The summed E-state index contributed by atoms with van der Waals surface area (Å²) >= 11 is 0. The molecular weight excluding hydrogens is 372 g/mol. The van der Waals surface area contributed by atoms with E-state index in [9.17, 15) is 15.3 Å². The molecule has 4 aliphatic rings. The minimum absolute atomic E-state index is 0.147. The normalized spacial score (nSPS) is 50.3. The zero-order valence-corrected chi connectivity index (χ0v) is 20.0. The maximum Gasteiger partial charge on any atom is 0.0577 e. The van der Waals surface area contributed by atoms with Crippen molar-refractivity contribution in [2.45, 2.75) is 111 Å². The fourth-order valence-corrected chi connectivity index (χ4v) is 9.26. The van der Waals surface area contributed by atoms with E-state index in [1.54, 1.807) is 0 Å². The van der Waals surface area contributed by atoms with E-state index in [0.717, 1.165) is 43.9 Å².